The van der Waals surface area contributed by atoms with Crippen LogP contribution < -0.4 is 19.8 Å². The molecule has 44 heavy (non-hydrogen) atoms. The molecular weight excluding hydrogens is 557 g/mol. The van der Waals surface area contributed by atoms with Gasteiger partial charge in [0.05, 0.1) is 30.3 Å². The van der Waals surface area contributed by atoms with Crippen molar-refractivity contribution < 1.29 is 18.6 Å². The minimum Gasteiger partial charge on any atom is -0.494 e. The lowest BCUT2D eigenvalue weighted by Gasteiger charge is -2.18. The van der Waals surface area contributed by atoms with E-state index in [1.807, 2.05) is 57.2 Å². The normalized spacial score (nSPS) is 11.4. The van der Waals surface area contributed by atoms with Crippen LogP contribution in [0.15, 0.2) is 88.8 Å². The van der Waals surface area contributed by atoms with Crippen molar-refractivity contribution in [1.29, 1.82) is 0 Å². The molecule has 0 saturated carbocycles. The van der Waals surface area contributed by atoms with Crippen LogP contribution in [0.2, 0.25) is 0 Å². The van der Waals surface area contributed by atoms with Crippen molar-refractivity contribution in [3.05, 3.63) is 117 Å². The third kappa shape index (κ3) is 6.64. The van der Waals surface area contributed by atoms with Gasteiger partial charge in [-0.3, -0.25) is 4.79 Å². The summed E-state index contributed by atoms with van der Waals surface area (Å²) in [5.74, 6) is 2.17. The second-order valence-corrected chi connectivity index (χ2v) is 10.7. The second kappa shape index (κ2) is 13.5. The van der Waals surface area contributed by atoms with Gasteiger partial charge in [0, 0.05) is 5.56 Å². The Morgan fingerprint density at radius 1 is 0.886 bits per heavy atom. The molecule has 1 aromatic heterocycles. The third-order valence-corrected chi connectivity index (χ3v) is 7.15. The molecule has 0 N–H and O–H groups in total. The zero-order valence-electron chi connectivity index (χ0n) is 25.6. The molecule has 0 aliphatic heterocycles. The zero-order valence-corrected chi connectivity index (χ0v) is 25.6. The summed E-state index contributed by atoms with van der Waals surface area (Å²) in [7, 11) is 0. The van der Waals surface area contributed by atoms with Gasteiger partial charge in [-0.2, -0.15) is 9.78 Å². The van der Waals surface area contributed by atoms with Crippen LogP contribution in [0.1, 0.15) is 55.9 Å². The van der Waals surface area contributed by atoms with Crippen LogP contribution in [0.25, 0.3) is 22.3 Å². The van der Waals surface area contributed by atoms with Gasteiger partial charge < -0.3 is 14.2 Å². The van der Waals surface area contributed by atoms with Crippen LogP contribution in [-0.2, 0) is 6.61 Å². The summed E-state index contributed by atoms with van der Waals surface area (Å²) < 4.78 is 32.7. The van der Waals surface area contributed by atoms with E-state index in [9.17, 15) is 9.18 Å². The Bertz CT molecular complexity index is 1880. The molecule has 0 fully saturated rings. The van der Waals surface area contributed by atoms with E-state index in [2.05, 4.69) is 18.9 Å². The summed E-state index contributed by atoms with van der Waals surface area (Å²) in [6.07, 6.45) is 1.60. The van der Waals surface area contributed by atoms with E-state index in [-0.39, 0.29) is 23.9 Å². The van der Waals surface area contributed by atoms with Crippen molar-refractivity contribution in [2.45, 2.75) is 47.1 Å². The van der Waals surface area contributed by atoms with Crippen LogP contribution >= 0.6 is 0 Å². The highest BCUT2D eigenvalue weighted by Gasteiger charge is 2.19. The third-order valence-electron chi connectivity index (χ3n) is 7.15. The highest BCUT2D eigenvalue weighted by atomic mass is 19.1. The molecular formula is C36H36FN3O4. The molecule has 4 aromatic carbocycles. The Hall–Kier alpha value is -4.98. The predicted molar refractivity (Wildman–Crippen MR) is 173 cm³/mol. The maximum absolute atomic E-state index is 13.8. The molecule has 5 aromatic rings. The lowest BCUT2D eigenvalue weighted by Crippen LogP contribution is -2.21. The number of benzene rings is 4. The fraction of sp³-hybridized carbons (Fsp3) is 0.250. The SMILES string of the molecule is CCOc1cc(C=Nn2c(-c3cc(C(C)C)c(OCC)cc3C)nc3ccccc3c2=O)ccc1OCc1cccc(F)c1. The van der Waals surface area contributed by atoms with Gasteiger partial charge in [0.25, 0.3) is 5.56 Å². The summed E-state index contributed by atoms with van der Waals surface area (Å²) in [4.78, 5) is 18.7. The first-order valence-electron chi connectivity index (χ1n) is 14.8. The van der Waals surface area contributed by atoms with E-state index in [1.165, 1.54) is 16.8 Å². The van der Waals surface area contributed by atoms with E-state index in [4.69, 9.17) is 19.2 Å². The van der Waals surface area contributed by atoms with Crippen LogP contribution in [0.5, 0.6) is 17.2 Å². The molecule has 0 bridgehead atoms. The molecule has 0 amide bonds. The van der Waals surface area contributed by atoms with Crippen molar-refractivity contribution in [2.75, 3.05) is 13.2 Å². The quantitative estimate of drug-likeness (QED) is 0.146. The predicted octanol–water partition coefficient (Wildman–Crippen LogP) is 7.89. The molecule has 7 nitrogen and oxygen atoms in total. The number of nitrogens with zero attached hydrogens (tertiary/aromatic N) is 3. The maximum atomic E-state index is 13.8. The van der Waals surface area contributed by atoms with Crippen molar-refractivity contribution >= 4 is 17.1 Å². The van der Waals surface area contributed by atoms with Crippen molar-refractivity contribution in [1.82, 2.24) is 9.66 Å². The van der Waals surface area contributed by atoms with Gasteiger partial charge in [0.1, 0.15) is 18.2 Å². The van der Waals surface area contributed by atoms with E-state index in [0.717, 1.165) is 22.4 Å². The molecule has 1 heterocycles. The lowest BCUT2D eigenvalue weighted by molar-refractivity contribution is 0.269. The number of hydrogen-bond donors (Lipinski definition) is 0. The van der Waals surface area contributed by atoms with E-state index in [1.54, 1.807) is 36.5 Å². The number of para-hydroxylation sites is 1. The standard InChI is InChI=1S/C36H36FN3O4/c1-6-42-33-17-24(5)30(20-29(33)23(3)4)35-39-31-14-9-8-13-28(31)36(41)40(35)38-21-25-15-16-32(34(19-25)43-7-2)44-22-26-11-10-12-27(37)18-26/h8-21,23H,6-7,22H2,1-5H3. The van der Waals surface area contributed by atoms with E-state index < -0.39 is 0 Å². The van der Waals surface area contributed by atoms with E-state index >= 15 is 0 Å². The molecule has 8 heteroatoms. The molecule has 0 spiro atoms. The van der Waals surface area contributed by atoms with Gasteiger partial charge in [-0.15, -0.1) is 0 Å². The number of aromatic nitrogens is 2. The van der Waals surface area contributed by atoms with Gasteiger partial charge in [0.2, 0.25) is 0 Å². The largest absolute Gasteiger partial charge is 0.494 e. The average Bonchev–Trinajstić information content (AvgIpc) is 3.00. The number of fused-ring (bicyclic) bond motifs is 1. The topological polar surface area (TPSA) is 74.9 Å². The fourth-order valence-corrected chi connectivity index (χ4v) is 4.98. The van der Waals surface area contributed by atoms with Crippen LogP contribution in [0.3, 0.4) is 0 Å². The first kappa shape index (κ1) is 30.5. The highest BCUT2D eigenvalue weighted by Crippen LogP contribution is 2.34. The first-order valence-corrected chi connectivity index (χ1v) is 14.8. The number of ether oxygens (including phenoxy) is 3. The van der Waals surface area contributed by atoms with E-state index in [0.29, 0.717) is 52.6 Å². The molecule has 226 valence electrons. The van der Waals surface area contributed by atoms with Crippen LogP contribution in [0.4, 0.5) is 4.39 Å². The average molecular weight is 594 g/mol. The fourth-order valence-electron chi connectivity index (χ4n) is 4.98. The molecule has 0 atom stereocenters. The lowest BCUT2D eigenvalue weighted by atomic mass is 9.96. The Labute approximate surface area is 256 Å². The Morgan fingerprint density at radius 2 is 1.66 bits per heavy atom. The van der Waals surface area contributed by atoms with Crippen LogP contribution in [-0.4, -0.2) is 29.1 Å². The summed E-state index contributed by atoms with van der Waals surface area (Å²) in [6.45, 7) is 11.2. The van der Waals surface area contributed by atoms with Crippen molar-refractivity contribution in [3.8, 4) is 28.6 Å². The highest BCUT2D eigenvalue weighted by molar-refractivity contribution is 5.83. The summed E-state index contributed by atoms with van der Waals surface area (Å²) in [5, 5.41) is 5.13. The molecule has 0 aliphatic carbocycles. The number of halogens is 1. The van der Waals surface area contributed by atoms with Crippen molar-refractivity contribution in [2.24, 2.45) is 5.10 Å². The Balaban J connectivity index is 1.57. The van der Waals surface area contributed by atoms with Gasteiger partial charge in [-0.25, -0.2) is 9.37 Å². The smallest absolute Gasteiger partial charge is 0.282 e. The van der Waals surface area contributed by atoms with Crippen molar-refractivity contribution in [3.63, 3.8) is 0 Å². The maximum Gasteiger partial charge on any atom is 0.282 e. The van der Waals surface area contributed by atoms with Gasteiger partial charge >= 0.3 is 0 Å². The Morgan fingerprint density at radius 3 is 2.41 bits per heavy atom. The molecule has 0 aliphatic rings. The zero-order chi connectivity index (χ0) is 31.2. The summed E-state index contributed by atoms with van der Waals surface area (Å²) in [5.41, 5.74) is 4.47. The second-order valence-electron chi connectivity index (χ2n) is 10.7. The number of aryl methyl sites for hydroxylation is 1. The van der Waals surface area contributed by atoms with Crippen LogP contribution in [0, 0.1) is 12.7 Å². The minimum absolute atomic E-state index is 0.187. The van der Waals surface area contributed by atoms with Gasteiger partial charge in [-0.1, -0.05) is 38.1 Å². The summed E-state index contributed by atoms with van der Waals surface area (Å²) >= 11 is 0. The Kier molecular flexibility index (Phi) is 9.38. The molecule has 5 rings (SSSR count). The van der Waals surface area contributed by atoms with Gasteiger partial charge in [-0.05, 0) is 104 Å². The molecule has 0 saturated heterocycles. The monoisotopic (exact) mass is 593 g/mol. The molecule has 0 unspecified atom stereocenters. The van der Waals surface area contributed by atoms with Gasteiger partial charge in [0.15, 0.2) is 17.3 Å². The number of hydrogen-bond acceptors (Lipinski definition) is 6. The minimum atomic E-state index is -0.318. The first-order chi connectivity index (χ1) is 21.3. The summed E-state index contributed by atoms with van der Waals surface area (Å²) in [6, 6.07) is 23.0. The molecule has 0 radical (unpaired) electrons. The number of rotatable bonds is 11.